The quantitative estimate of drug-likeness (QED) is 0.647. The molecule has 2 bridgehead atoms. The van der Waals surface area contributed by atoms with E-state index in [1.54, 1.807) is 12.1 Å². The zero-order chi connectivity index (χ0) is 19.5. The highest BCUT2D eigenvalue weighted by atomic mass is 32.2. The number of piperidine rings is 3. The fourth-order valence-corrected chi connectivity index (χ4v) is 4.43. The van der Waals surface area contributed by atoms with Crippen molar-refractivity contribution in [1.29, 1.82) is 0 Å². The smallest absolute Gasteiger partial charge is 0.124 e. The van der Waals surface area contributed by atoms with Crippen LogP contribution in [0.3, 0.4) is 0 Å². The maximum atomic E-state index is 10.4. The van der Waals surface area contributed by atoms with Gasteiger partial charge in [-0.15, -0.1) is 0 Å². The lowest BCUT2D eigenvalue weighted by Gasteiger charge is -2.52. The van der Waals surface area contributed by atoms with Gasteiger partial charge in [0.25, 0.3) is 0 Å². The summed E-state index contributed by atoms with van der Waals surface area (Å²) in [4.78, 5) is -0.178. The summed E-state index contributed by atoms with van der Waals surface area (Å²) in [6, 6.07) is 16.6. The number of quaternary nitrogens is 1. The maximum absolute atomic E-state index is 10.4. The molecule has 3 aliphatic heterocycles. The van der Waals surface area contributed by atoms with Crippen molar-refractivity contribution in [3.63, 3.8) is 0 Å². The minimum Gasteiger partial charge on any atom is -0.744 e. The minimum absolute atomic E-state index is 0.178. The van der Waals surface area contributed by atoms with Gasteiger partial charge >= 0.3 is 0 Å². The van der Waals surface area contributed by atoms with Gasteiger partial charge in [0.05, 0.1) is 30.1 Å². The van der Waals surface area contributed by atoms with Crippen molar-refractivity contribution < 1.29 is 22.6 Å². The van der Waals surface area contributed by atoms with Crippen LogP contribution in [0.4, 0.5) is 0 Å². The van der Waals surface area contributed by atoms with Crippen LogP contribution in [0.15, 0.2) is 59.5 Å². The van der Waals surface area contributed by atoms with Gasteiger partial charge in [0, 0.05) is 24.8 Å². The fourth-order valence-electron chi connectivity index (χ4n) is 3.96. The van der Waals surface area contributed by atoms with E-state index in [9.17, 15) is 18.1 Å². The molecule has 0 aliphatic carbocycles. The van der Waals surface area contributed by atoms with Gasteiger partial charge in [-0.1, -0.05) is 48.0 Å². The van der Waals surface area contributed by atoms with Crippen LogP contribution >= 0.6 is 0 Å². The minimum atomic E-state index is -4.27. The molecule has 3 aliphatic rings. The van der Waals surface area contributed by atoms with Gasteiger partial charge in [-0.25, -0.2) is 8.42 Å². The Kier molecular flexibility index (Phi) is 5.72. The number of aliphatic hydroxyl groups is 1. The Balaban J connectivity index is 0.000000168. The lowest BCUT2D eigenvalue weighted by Crippen LogP contribution is -2.63. The molecule has 2 aromatic rings. The van der Waals surface area contributed by atoms with E-state index >= 15 is 0 Å². The lowest BCUT2D eigenvalue weighted by atomic mass is 9.81. The Bertz CT molecular complexity index is 838. The van der Waals surface area contributed by atoms with Crippen molar-refractivity contribution >= 4 is 10.1 Å². The Hall–Kier alpha value is -1.73. The molecular weight excluding hydrogens is 362 g/mol. The highest BCUT2D eigenvalue weighted by Crippen LogP contribution is 2.38. The average molecular weight is 390 g/mol. The van der Waals surface area contributed by atoms with E-state index in [1.165, 1.54) is 22.2 Å². The van der Waals surface area contributed by atoms with Gasteiger partial charge in [-0.2, -0.15) is 0 Å². The molecule has 5 nitrogen and oxygen atoms in total. The Morgan fingerprint density at radius 3 is 1.96 bits per heavy atom. The van der Waals surface area contributed by atoms with Gasteiger partial charge in [0.1, 0.15) is 16.7 Å². The van der Waals surface area contributed by atoms with Crippen molar-refractivity contribution in [2.45, 2.75) is 43.2 Å². The Morgan fingerprint density at radius 1 is 0.963 bits per heavy atom. The van der Waals surface area contributed by atoms with Gasteiger partial charge < -0.3 is 14.1 Å². The summed E-state index contributed by atoms with van der Waals surface area (Å²) in [5.74, 6) is 0. The highest BCUT2D eigenvalue weighted by molar-refractivity contribution is 7.85. The number of rotatable bonds is 3. The van der Waals surface area contributed by atoms with E-state index in [0.717, 1.165) is 51.0 Å². The second kappa shape index (κ2) is 7.72. The van der Waals surface area contributed by atoms with Crippen LogP contribution in [0.5, 0.6) is 0 Å². The van der Waals surface area contributed by atoms with E-state index in [1.807, 2.05) is 6.92 Å². The van der Waals surface area contributed by atoms with Crippen LogP contribution in [0.25, 0.3) is 0 Å². The van der Waals surface area contributed by atoms with E-state index < -0.39 is 10.1 Å². The molecule has 1 N–H and O–H groups in total. The number of aryl methyl sites for hydroxylation is 1. The molecule has 27 heavy (non-hydrogen) atoms. The van der Waals surface area contributed by atoms with Crippen LogP contribution in [0.2, 0.25) is 0 Å². The van der Waals surface area contributed by atoms with Crippen LogP contribution in [0.1, 0.15) is 30.4 Å². The first-order valence-corrected chi connectivity index (χ1v) is 10.7. The second-order valence-corrected chi connectivity index (χ2v) is 9.28. The molecule has 0 saturated carbocycles. The molecule has 3 fully saturated rings. The first kappa shape index (κ1) is 20.0. The molecule has 0 aromatic heterocycles. The van der Waals surface area contributed by atoms with Gasteiger partial charge in [0.15, 0.2) is 0 Å². The highest BCUT2D eigenvalue weighted by Gasteiger charge is 2.47. The zero-order valence-corrected chi connectivity index (χ0v) is 16.5. The molecule has 3 heterocycles. The normalized spacial score (nSPS) is 26.9. The molecule has 0 radical (unpaired) electrons. The maximum Gasteiger partial charge on any atom is 0.124 e. The molecule has 5 rings (SSSR count). The molecular formula is C21H27NO4S. The van der Waals surface area contributed by atoms with E-state index in [-0.39, 0.29) is 10.5 Å². The van der Waals surface area contributed by atoms with E-state index in [2.05, 4.69) is 30.3 Å². The monoisotopic (exact) mass is 389 g/mol. The molecule has 146 valence electrons. The molecule has 3 saturated heterocycles. The van der Waals surface area contributed by atoms with Crippen LogP contribution in [-0.2, 0) is 16.7 Å². The summed E-state index contributed by atoms with van der Waals surface area (Å²) < 4.78 is 32.4. The lowest BCUT2D eigenvalue weighted by molar-refractivity contribution is -0.957. The van der Waals surface area contributed by atoms with E-state index in [4.69, 9.17) is 0 Å². The number of hydrogen-bond acceptors (Lipinski definition) is 4. The second-order valence-electron chi connectivity index (χ2n) is 7.90. The van der Waals surface area contributed by atoms with Crippen LogP contribution in [-0.4, -0.2) is 47.8 Å². The Labute approximate surface area is 161 Å². The fraction of sp³-hybridized carbons (Fsp3) is 0.429. The number of nitrogens with zero attached hydrogens (tertiary/aromatic N) is 1. The molecule has 0 amide bonds. The first-order chi connectivity index (χ1) is 12.7. The van der Waals surface area contributed by atoms with Crippen LogP contribution < -0.4 is 0 Å². The summed E-state index contributed by atoms with van der Waals surface area (Å²) in [6.07, 6.45) is 3.00. The molecule has 0 spiro atoms. The third-order valence-corrected chi connectivity index (χ3v) is 6.67. The van der Waals surface area contributed by atoms with Crippen LogP contribution in [0, 0.1) is 6.92 Å². The standard InChI is InChI=1S/C14H20NO.C7H8O3S/c16-14-6-9-15(10-7-14,11-8-14)12-13-4-2-1-3-5-13;1-6-2-4-7(5-3-6)11(8,9)10/h1-5,16H,6-12H2;2-5H,1H3,(H,8,9,10)/q+1;/p-1. The molecule has 6 heteroatoms. The zero-order valence-electron chi connectivity index (χ0n) is 15.7. The van der Waals surface area contributed by atoms with Gasteiger partial charge in [-0.3, -0.25) is 0 Å². The van der Waals surface area contributed by atoms with E-state index in [0.29, 0.717) is 0 Å². The van der Waals surface area contributed by atoms with Crippen molar-refractivity contribution in [3.05, 3.63) is 65.7 Å². The summed E-state index contributed by atoms with van der Waals surface area (Å²) in [5, 5.41) is 10.2. The SMILES string of the molecule is Cc1ccc(S(=O)(=O)[O-])cc1.OC12CC[N+](Cc3ccccc3)(CC1)CC2. The third kappa shape index (κ3) is 5.17. The van der Waals surface area contributed by atoms with Gasteiger partial charge in [0.2, 0.25) is 0 Å². The molecule has 2 aromatic carbocycles. The predicted octanol–water partition coefficient (Wildman–Crippen LogP) is 2.83. The summed E-state index contributed by atoms with van der Waals surface area (Å²) in [5.41, 5.74) is 2.06. The summed E-state index contributed by atoms with van der Waals surface area (Å²) in [7, 11) is -4.27. The molecule has 0 unspecified atom stereocenters. The van der Waals surface area contributed by atoms with Crippen molar-refractivity contribution in [2.24, 2.45) is 0 Å². The summed E-state index contributed by atoms with van der Waals surface area (Å²) in [6.45, 7) is 6.44. The van der Waals surface area contributed by atoms with Crippen molar-refractivity contribution in [1.82, 2.24) is 0 Å². The summed E-state index contributed by atoms with van der Waals surface area (Å²) >= 11 is 0. The van der Waals surface area contributed by atoms with Crippen molar-refractivity contribution in [3.8, 4) is 0 Å². The third-order valence-electron chi connectivity index (χ3n) is 5.82. The first-order valence-electron chi connectivity index (χ1n) is 9.34. The van der Waals surface area contributed by atoms with Crippen molar-refractivity contribution in [2.75, 3.05) is 19.6 Å². The molecule has 0 atom stereocenters. The predicted molar refractivity (Wildman–Crippen MR) is 103 cm³/mol. The largest absolute Gasteiger partial charge is 0.744 e. The number of hydrogen-bond donors (Lipinski definition) is 1. The number of fused-ring (bicyclic) bond motifs is 3. The number of benzene rings is 2. The Morgan fingerprint density at radius 2 is 1.48 bits per heavy atom. The average Bonchev–Trinajstić information content (AvgIpc) is 2.64. The topological polar surface area (TPSA) is 77.4 Å². The van der Waals surface area contributed by atoms with Gasteiger partial charge in [-0.05, 0) is 19.1 Å².